The van der Waals surface area contributed by atoms with Crippen molar-refractivity contribution in [3.05, 3.63) is 42.3 Å². The number of hydrogen-bond donors (Lipinski definition) is 1. The monoisotopic (exact) mass is 381 g/mol. The highest BCUT2D eigenvalue weighted by Gasteiger charge is 2.40. The van der Waals surface area contributed by atoms with Gasteiger partial charge in [-0.15, -0.1) is 0 Å². The Hall–Kier alpha value is -2.96. The minimum absolute atomic E-state index is 0.192. The minimum atomic E-state index is -1.76. The van der Waals surface area contributed by atoms with Crippen molar-refractivity contribution in [3.63, 3.8) is 0 Å². The van der Waals surface area contributed by atoms with Crippen LogP contribution in [0.1, 0.15) is 34.0 Å². The predicted molar refractivity (Wildman–Crippen MR) is 105 cm³/mol. The number of aromatic amines is 1. The molecule has 4 aromatic heterocycles. The third-order valence-corrected chi connectivity index (χ3v) is 5.44. The summed E-state index contributed by atoms with van der Waals surface area (Å²) in [5.74, 6) is 0.264. The molecule has 5 rings (SSSR count). The lowest BCUT2D eigenvalue weighted by atomic mass is 9.73. The topological polar surface area (TPSA) is 72.5 Å². The van der Waals surface area contributed by atoms with Crippen molar-refractivity contribution >= 4 is 11.0 Å². The van der Waals surface area contributed by atoms with Gasteiger partial charge < -0.3 is 9.09 Å². The van der Waals surface area contributed by atoms with Gasteiger partial charge in [-0.2, -0.15) is 5.10 Å². The molecule has 1 aliphatic rings. The van der Waals surface area contributed by atoms with Crippen molar-refractivity contribution in [2.24, 2.45) is 5.92 Å². The SMILES string of the molecule is [2H]C([2H])(C1CC(C)(F)C1)n1cc(-c2cn[nH]c2)c2ncc(-c3c(C)noc3C)cc21. The van der Waals surface area contributed by atoms with Crippen LogP contribution in [-0.2, 0) is 6.50 Å². The fourth-order valence-corrected chi connectivity index (χ4v) is 4.11. The standard InChI is InChI=1S/C21H22FN5O/c1-12-19(13(2)28-26-12)15-4-18-20(23-7-15)17(16-8-24-25-9-16)11-27(18)10-14-5-21(3,22)6-14/h4,7-9,11,14H,5-6,10H2,1-3H3,(H,24,25)/i10D2. The van der Waals surface area contributed by atoms with E-state index in [9.17, 15) is 4.39 Å². The first kappa shape index (κ1) is 15.0. The molecule has 0 aromatic carbocycles. The number of aryl methyl sites for hydroxylation is 2. The molecule has 1 saturated carbocycles. The average Bonchev–Trinajstić information content (AvgIpc) is 3.38. The van der Waals surface area contributed by atoms with Crippen LogP contribution in [0.15, 0.2) is 35.4 Å². The smallest absolute Gasteiger partial charge is 0.141 e. The van der Waals surface area contributed by atoms with Gasteiger partial charge in [0.05, 0.1) is 25.7 Å². The van der Waals surface area contributed by atoms with Crippen LogP contribution in [0.25, 0.3) is 33.3 Å². The molecular weight excluding hydrogens is 357 g/mol. The predicted octanol–water partition coefficient (Wildman–Crippen LogP) is 4.84. The number of hydrogen-bond acceptors (Lipinski definition) is 4. The van der Waals surface area contributed by atoms with Crippen molar-refractivity contribution in [1.82, 2.24) is 24.9 Å². The molecule has 0 aliphatic heterocycles. The van der Waals surface area contributed by atoms with Crippen molar-refractivity contribution in [2.75, 3.05) is 0 Å². The lowest BCUT2D eigenvalue weighted by Gasteiger charge is -2.39. The van der Waals surface area contributed by atoms with Crippen LogP contribution in [0.5, 0.6) is 0 Å². The Morgan fingerprint density at radius 1 is 1.36 bits per heavy atom. The van der Waals surface area contributed by atoms with E-state index in [1.54, 1.807) is 29.4 Å². The third-order valence-electron chi connectivity index (χ3n) is 5.44. The molecule has 28 heavy (non-hydrogen) atoms. The summed E-state index contributed by atoms with van der Waals surface area (Å²) in [5.41, 5.74) is 3.98. The number of fused-ring (bicyclic) bond motifs is 1. The van der Waals surface area contributed by atoms with E-state index in [4.69, 9.17) is 7.26 Å². The van der Waals surface area contributed by atoms with Gasteiger partial charge in [0.25, 0.3) is 0 Å². The van der Waals surface area contributed by atoms with Crippen LogP contribution in [0.3, 0.4) is 0 Å². The zero-order valence-electron chi connectivity index (χ0n) is 18.0. The first-order valence-electron chi connectivity index (χ1n) is 10.3. The first-order valence-corrected chi connectivity index (χ1v) is 9.30. The maximum Gasteiger partial charge on any atom is 0.141 e. The van der Waals surface area contributed by atoms with E-state index in [-0.39, 0.29) is 12.8 Å². The lowest BCUT2D eigenvalue weighted by Crippen LogP contribution is -2.38. The normalized spacial score (nSPS) is 23.5. The van der Waals surface area contributed by atoms with E-state index in [0.29, 0.717) is 16.8 Å². The number of nitrogens with zero attached hydrogens (tertiary/aromatic N) is 4. The van der Waals surface area contributed by atoms with Crippen LogP contribution in [-0.4, -0.2) is 30.6 Å². The van der Waals surface area contributed by atoms with Crippen LogP contribution in [0.4, 0.5) is 4.39 Å². The Bertz CT molecular complexity index is 1210. The Balaban J connectivity index is 1.71. The van der Waals surface area contributed by atoms with E-state index in [2.05, 4.69) is 20.3 Å². The number of rotatable bonds is 4. The zero-order valence-corrected chi connectivity index (χ0v) is 16.0. The number of halogens is 1. The molecule has 1 aliphatic carbocycles. The van der Waals surface area contributed by atoms with Gasteiger partial charge in [0.2, 0.25) is 0 Å². The molecule has 144 valence electrons. The fourth-order valence-electron chi connectivity index (χ4n) is 4.11. The molecule has 7 heteroatoms. The van der Waals surface area contributed by atoms with Crippen molar-refractivity contribution in [1.29, 1.82) is 0 Å². The number of pyridine rings is 1. The van der Waals surface area contributed by atoms with E-state index >= 15 is 0 Å². The maximum atomic E-state index is 14.2. The van der Waals surface area contributed by atoms with Crippen LogP contribution in [0.2, 0.25) is 0 Å². The number of aromatic nitrogens is 5. The second-order valence-electron chi connectivity index (χ2n) is 7.84. The average molecular weight is 381 g/mol. The summed E-state index contributed by atoms with van der Waals surface area (Å²) in [5, 5.41) is 10.8. The maximum absolute atomic E-state index is 14.2. The van der Waals surface area contributed by atoms with Gasteiger partial charge in [-0.25, -0.2) is 4.39 Å². The molecule has 0 amide bonds. The molecule has 0 bridgehead atoms. The first-order chi connectivity index (χ1) is 14.2. The summed E-state index contributed by atoms with van der Waals surface area (Å²) in [7, 11) is 0. The largest absolute Gasteiger partial charge is 0.361 e. The van der Waals surface area contributed by atoms with Gasteiger partial charge in [-0.1, -0.05) is 5.16 Å². The van der Waals surface area contributed by atoms with E-state index < -0.39 is 18.1 Å². The summed E-state index contributed by atoms with van der Waals surface area (Å²) < 4.78 is 38.7. The summed E-state index contributed by atoms with van der Waals surface area (Å²) in [6.45, 7) is 3.47. The van der Waals surface area contributed by atoms with E-state index in [0.717, 1.165) is 27.9 Å². The second-order valence-corrected chi connectivity index (χ2v) is 7.84. The Kier molecular flexibility index (Phi) is 3.23. The third kappa shape index (κ3) is 2.73. The quantitative estimate of drug-likeness (QED) is 0.549. The molecule has 0 spiro atoms. The molecule has 0 saturated heterocycles. The molecule has 4 aromatic rings. The summed E-state index contributed by atoms with van der Waals surface area (Å²) >= 11 is 0. The van der Waals surface area contributed by atoms with E-state index in [1.165, 1.54) is 6.92 Å². The fraction of sp³-hybridized carbons (Fsp3) is 0.381. The van der Waals surface area contributed by atoms with Gasteiger partial charge in [0.15, 0.2) is 0 Å². The van der Waals surface area contributed by atoms with Crippen LogP contribution >= 0.6 is 0 Å². The highest BCUT2D eigenvalue weighted by Crippen LogP contribution is 2.42. The summed E-state index contributed by atoms with van der Waals surface area (Å²) in [4.78, 5) is 4.67. The molecule has 4 heterocycles. The summed E-state index contributed by atoms with van der Waals surface area (Å²) in [6.07, 6.45) is 7.32. The number of nitrogens with one attached hydrogen (secondary N) is 1. The number of alkyl halides is 1. The van der Waals surface area contributed by atoms with Crippen molar-refractivity contribution < 1.29 is 11.7 Å². The molecular formula is C21H22FN5O. The summed E-state index contributed by atoms with van der Waals surface area (Å²) in [6, 6.07) is 1.91. The van der Waals surface area contributed by atoms with Crippen molar-refractivity contribution in [2.45, 2.75) is 45.8 Å². The Morgan fingerprint density at radius 2 is 2.18 bits per heavy atom. The number of H-pyrrole nitrogens is 1. The van der Waals surface area contributed by atoms with Gasteiger partial charge in [0.1, 0.15) is 11.4 Å². The molecule has 0 unspecified atom stereocenters. The molecule has 6 nitrogen and oxygen atoms in total. The van der Waals surface area contributed by atoms with Crippen molar-refractivity contribution in [3.8, 4) is 22.3 Å². The second kappa shape index (κ2) is 6.02. The van der Waals surface area contributed by atoms with Crippen LogP contribution < -0.4 is 0 Å². The Morgan fingerprint density at radius 3 is 2.82 bits per heavy atom. The van der Waals surface area contributed by atoms with Gasteiger partial charge in [-0.3, -0.25) is 10.1 Å². The highest BCUT2D eigenvalue weighted by atomic mass is 19.1. The van der Waals surface area contributed by atoms with Gasteiger partial charge in [-0.05, 0) is 45.6 Å². The minimum Gasteiger partial charge on any atom is -0.361 e. The van der Waals surface area contributed by atoms with E-state index in [1.807, 2.05) is 19.9 Å². The molecule has 0 radical (unpaired) electrons. The molecule has 1 N–H and O–H groups in total. The lowest BCUT2D eigenvalue weighted by molar-refractivity contribution is 0.0178. The highest BCUT2D eigenvalue weighted by molar-refractivity contribution is 5.94. The van der Waals surface area contributed by atoms with Crippen LogP contribution in [0, 0.1) is 19.8 Å². The van der Waals surface area contributed by atoms with Gasteiger partial charge in [0, 0.05) is 47.3 Å². The van der Waals surface area contributed by atoms with Gasteiger partial charge >= 0.3 is 0 Å². The Labute approximate surface area is 164 Å². The molecule has 0 atom stereocenters. The molecule has 1 fully saturated rings. The zero-order chi connectivity index (χ0) is 21.3.